The molecule has 0 aromatic carbocycles. The first kappa shape index (κ1) is 12.4. The number of fused-ring (bicyclic) bond motifs is 1. The predicted molar refractivity (Wildman–Crippen MR) is 70.3 cm³/mol. The number of nitrogens with zero attached hydrogens (tertiary/aromatic N) is 1. The molecule has 94 valence electrons. The predicted octanol–water partition coefficient (Wildman–Crippen LogP) is 1.83. The van der Waals surface area contributed by atoms with E-state index in [9.17, 15) is 8.42 Å². The maximum atomic E-state index is 12.1. The van der Waals surface area contributed by atoms with Gasteiger partial charge in [-0.1, -0.05) is 0 Å². The minimum absolute atomic E-state index is 0.0314. The number of hydrogen-bond donors (Lipinski definition) is 2. The van der Waals surface area contributed by atoms with E-state index in [0.29, 0.717) is 15.9 Å². The molecule has 17 heavy (non-hydrogen) atoms. The zero-order chi connectivity index (χ0) is 12.8. The normalized spacial score (nSPS) is 19.9. The molecule has 1 aliphatic rings. The van der Waals surface area contributed by atoms with Gasteiger partial charge in [-0.25, -0.2) is 18.1 Å². The summed E-state index contributed by atoms with van der Waals surface area (Å²) < 4.78 is 26.6. The van der Waals surface area contributed by atoms with E-state index in [4.69, 9.17) is 0 Å². The summed E-state index contributed by atoms with van der Waals surface area (Å²) in [5.74, 6) is 0.300. The highest BCUT2D eigenvalue weighted by atomic mass is 32.2. The Labute approximate surface area is 105 Å². The van der Waals surface area contributed by atoms with Gasteiger partial charge in [0, 0.05) is 10.9 Å². The number of aliphatic imine (C=N–C) groups is 1. The lowest BCUT2D eigenvalue weighted by atomic mass is 10.3. The molecule has 0 aliphatic carbocycles. The Morgan fingerprint density at radius 3 is 2.53 bits per heavy atom. The summed E-state index contributed by atoms with van der Waals surface area (Å²) in [5.41, 5.74) is 0.800. The monoisotopic (exact) mass is 273 g/mol. The van der Waals surface area contributed by atoms with E-state index in [-0.39, 0.29) is 6.04 Å². The maximum absolute atomic E-state index is 12.1. The van der Waals surface area contributed by atoms with Crippen LogP contribution in [0.1, 0.15) is 24.3 Å². The molecule has 5 nitrogen and oxygen atoms in total. The fraction of sp³-hybridized carbons (Fsp3) is 0.500. The number of aryl methyl sites for hydroxylation is 1. The van der Waals surface area contributed by atoms with Crippen molar-refractivity contribution in [2.24, 2.45) is 4.99 Å². The quantitative estimate of drug-likeness (QED) is 0.820. The number of rotatable bonds is 1. The first-order valence-electron chi connectivity index (χ1n) is 5.29. The maximum Gasteiger partial charge on any atom is 0.267 e. The first-order valence-corrected chi connectivity index (χ1v) is 7.59. The largest absolute Gasteiger partial charge is 0.316 e. The zero-order valence-corrected chi connectivity index (χ0v) is 11.8. The van der Waals surface area contributed by atoms with E-state index in [2.05, 4.69) is 15.0 Å². The number of hydrogen-bond acceptors (Lipinski definition) is 4. The Morgan fingerprint density at radius 2 is 1.94 bits per heavy atom. The third-order valence-corrected chi connectivity index (χ3v) is 5.21. The third-order valence-electron chi connectivity index (χ3n) is 2.45. The van der Waals surface area contributed by atoms with E-state index in [0.717, 1.165) is 10.4 Å². The minimum Gasteiger partial charge on any atom is -0.316 e. The number of anilines is 1. The Morgan fingerprint density at radius 1 is 1.29 bits per heavy atom. The van der Waals surface area contributed by atoms with Crippen LogP contribution in [-0.2, 0) is 10.0 Å². The summed E-state index contributed by atoms with van der Waals surface area (Å²) in [4.78, 5) is 5.54. The molecular formula is C10H15N3O2S2. The van der Waals surface area contributed by atoms with Gasteiger partial charge < -0.3 is 5.32 Å². The van der Waals surface area contributed by atoms with Gasteiger partial charge in [0.25, 0.3) is 10.0 Å². The second kappa shape index (κ2) is 3.99. The Kier molecular flexibility index (Phi) is 2.90. The number of guanidine groups is 1. The second-order valence-electron chi connectivity index (χ2n) is 4.24. The summed E-state index contributed by atoms with van der Waals surface area (Å²) in [6, 6.07) is 0.0314. The van der Waals surface area contributed by atoms with Crippen LogP contribution in [0.5, 0.6) is 0 Å². The molecule has 2 rings (SSSR count). The lowest BCUT2D eigenvalue weighted by molar-refractivity contribution is 0.591. The van der Waals surface area contributed by atoms with E-state index in [1.165, 1.54) is 11.3 Å². The van der Waals surface area contributed by atoms with Gasteiger partial charge >= 0.3 is 0 Å². The molecule has 0 fully saturated rings. The molecule has 0 atom stereocenters. The Hall–Kier alpha value is -1.08. The number of thiophene rings is 1. The minimum atomic E-state index is -3.48. The summed E-state index contributed by atoms with van der Waals surface area (Å²) in [5, 5.41) is 3.67. The topological polar surface area (TPSA) is 70.6 Å². The van der Waals surface area contributed by atoms with Crippen molar-refractivity contribution in [1.29, 1.82) is 0 Å². The zero-order valence-electron chi connectivity index (χ0n) is 10.2. The molecule has 0 radical (unpaired) electrons. The molecule has 0 spiro atoms. The van der Waals surface area contributed by atoms with Crippen molar-refractivity contribution in [3.8, 4) is 0 Å². The van der Waals surface area contributed by atoms with Gasteiger partial charge in [-0.2, -0.15) is 0 Å². The van der Waals surface area contributed by atoms with Crippen LogP contribution in [0.4, 0.5) is 5.00 Å². The molecule has 1 aromatic rings. The van der Waals surface area contributed by atoms with E-state index in [1.54, 1.807) is 0 Å². The fourth-order valence-electron chi connectivity index (χ4n) is 1.64. The average molecular weight is 273 g/mol. The molecule has 2 heterocycles. The summed E-state index contributed by atoms with van der Waals surface area (Å²) in [6.07, 6.45) is 0. The molecule has 0 saturated heterocycles. The van der Waals surface area contributed by atoms with Gasteiger partial charge in [-0.05, 0) is 33.3 Å². The smallest absolute Gasteiger partial charge is 0.267 e. The molecule has 0 bridgehead atoms. The van der Waals surface area contributed by atoms with Crippen molar-refractivity contribution in [3.63, 3.8) is 0 Å². The van der Waals surface area contributed by atoms with Crippen molar-refractivity contribution in [3.05, 3.63) is 10.4 Å². The van der Waals surface area contributed by atoms with Crippen LogP contribution >= 0.6 is 11.3 Å². The fourth-order valence-corrected chi connectivity index (χ4v) is 4.43. The molecular weight excluding hydrogens is 258 g/mol. The average Bonchev–Trinajstić information content (AvgIpc) is 2.39. The highest BCUT2D eigenvalue weighted by Gasteiger charge is 2.31. The Bertz CT molecular complexity index is 585. The Balaban J connectivity index is 2.56. The number of nitrogens with one attached hydrogen (secondary N) is 2. The summed E-state index contributed by atoms with van der Waals surface area (Å²) in [7, 11) is -3.48. The molecule has 0 amide bonds. The van der Waals surface area contributed by atoms with Crippen molar-refractivity contribution in [2.75, 3.05) is 5.32 Å². The highest BCUT2D eigenvalue weighted by molar-refractivity contribution is 7.90. The van der Waals surface area contributed by atoms with Gasteiger partial charge in [-0.3, -0.25) is 0 Å². The van der Waals surface area contributed by atoms with Gasteiger partial charge in [0.05, 0.1) is 0 Å². The van der Waals surface area contributed by atoms with Crippen LogP contribution in [0.25, 0.3) is 0 Å². The second-order valence-corrected chi connectivity index (χ2v) is 7.09. The van der Waals surface area contributed by atoms with Gasteiger partial charge in [0.15, 0.2) is 0 Å². The number of sulfonamides is 1. The van der Waals surface area contributed by atoms with E-state index in [1.807, 2.05) is 27.7 Å². The molecule has 0 saturated carbocycles. The van der Waals surface area contributed by atoms with Crippen LogP contribution in [0.3, 0.4) is 0 Å². The van der Waals surface area contributed by atoms with Crippen molar-refractivity contribution < 1.29 is 8.42 Å². The highest BCUT2D eigenvalue weighted by Crippen LogP contribution is 2.37. The lowest BCUT2D eigenvalue weighted by Crippen LogP contribution is -2.40. The van der Waals surface area contributed by atoms with Crippen molar-refractivity contribution >= 4 is 32.3 Å². The van der Waals surface area contributed by atoms with Crippen molar-refractivity contribution in [2.45, 2.75) is 38.6 Å². The van der Waals surface area contributed by atoms with Crippen LogP contribution in [0.15, 0.2) is 9.89 Å². The van der Waals surface area contributed by atoms with E-state index < -0.39 is 10.0 Å². The standard InChI is InChI=1S/C10H15N3O2S2/c1-5(2)11-10-12-9-8(17(14,15)13-10)6(3)7(4)16-9/h5H,1-4H3,(H2,11,12,13). The molecule has 2 N–H and O–H groups in total. The van der Waals surface area contributed by atoms with Crippen LogP contribution in [0, 0.1) is 13.8 Å². The van der Waals surface area contributed by atoms with Crippen LogP contribution < -0.4 is 10.0 Å². The van der Waals surface area contributed by atoms with E-state index >= 15 is 0 Å². The van der Waals surface area contributed by atoms with Crippen molar-refractivity contribution in [1.82, 2.24) is 4.72 Å². The molecule has 1 aromatic heterocycles. The SMILES string of the molecule is Cc1sc2c(c1C)S(=O)(=O)NC(=NC(C)C)N2. The molecule has 1 aliphatic heterocycles. The van der Waals surface area contributed by atoms with Crippen LogP contribution in [-0.4, -0.2) is 20.4 Å². The molecule has 0 unspecified atom stereocenters. The lowest BCUT2D eigenvalue weighted by Gasteiger charge is -2.19. The van der Waals surface area contributed by atoms with Gasteiger partial charge in [0.2, 0.25) is 5.96 Å². The molecule has 7 heteroatoms. The van der Waals surface area contributed by atoms with Gasteiger partial charge in [-0.15, -0.1) is 11.3 Å². The summed E-state index contributed by atoms with van der Waals surface area (Å²) in [6.45, 7) is 7.51. The summed E-state index contributed by atoms with van der Waals surface area (Å²) >= 11 is 1.44. The third kappa shape index (κ3) is 2.16. The van der Waals surface area contributed by atoms with Crippen LogP contribution in [0.2, 0.25) is 0 Å². The first-order chi connectivity index (χ1) is 7.81. The van der Waals surface area contributed by atoms with Gasteiger partial charge in [0.1, 0.15) is 9.90 Å².